The van der Waals surface area contributed by atoms with Crippen molar-refractivity contribution in [2.45, 2.75) is 12.2 Å². The fraction of sp³-hybridized carbons (Fsp3) is 0.571. The van der Waals surface area contributed by atoms with Crippen molar-refractivity contribution in [3.63, 3.8) is 0 Å². The summed E-state index contributed by atoms with van der Waals surface area (Å²) < 4.78 is 17.1. The van der Waals surface area contributed by atoms with Crippen molar-refractivity contribution < 1.29 is 9.13 Å². The molecule has 1 aromatic rings. The van der Waals surface area contributed by atoms with E-state index >= 15 is 0 Å². The quantitative estimate of drug-likeness (QED) is 0.640. The molecule has 0 saturated carbocycles. The van der Waals surface area contributed by atoms with Crippen LogP contribution in [-0.2, 0) is 5.75 Å². The van der Waals surface area contributed by atoms with E-state index in [1.807, 2.05) is 30.9 Å². The highest BCUT2D eigenvalue weighted by Gasteiger charge is 1.99. The fourth-order valence-electron chi connectivity index (χ4n) is 1.57. The molecule has 0 aliphatic carbocycles. The van der Waals surface area contributed by atoms with Crippen LogP contribution in [0.1, 0.15) is 12.0 Å². The first-order valence-electron chi connectivity index (χ1n) is 6.21. The Kier molecular flexibility index (Phi) is 7.85. The Balaban J connectivity index is 2.13. The summed E-state index contributed by atoms with van der Waals surface area (Å²) in [6.07, 6.45) is 0.639. The minimum Gasteiger partial charge on any atom is -0.497 e. The van der Waals surface area contributed by atoms with Gasteiger partial charge in [-0.1, -0.05) is 12.1 Å². The van der Waals surface area contributed by atoms with Crippen molar-refractivity contribution in [3.8, 4) is 5.75 Å². The minimum atomic E-state index is -0.219. The molecule has 0 radical (unpaired) electrons. The van der Waals surface area contributed by atoms with Gasteiger partial charge >= 0.3 is 0 Å². The lowest BCUT2D eigenvalue weighted by atomic mass is 10.2. The van der Waals surface area contributed by atoms with Crippen LogP contribution in [0.25, 0.3) is 0 Å². The number of hydrogen-bond donors (Lipinski definition) is 0. The van der Waals surface area contributed by atoms with Gasteiger partial charge in [0.15, 0.2) is 0 Å². The predicted molar refractivity (Wildman–Crippen MR) is 77.2 cm³/mol. The summed E-state index contributed by atoms with van der Waals surface area (Å²) in [5.41, 5.74) is 1.31. The number of halogens is 1. The molecule has 18 heavy (non-hydrogen) atoms. The molecule has 0 N–H and O–H groups in total. The molecular weight excluding hydrogens is 249 g/mol. The molecule has 0 aromatic heterocycles. The zero-order valence-corrected chi connectivity index (χ0v) is 12.0. The van der Waals surface area contributed by atoms with E-state index in [4.69, 9.17) is 4.74 Å². The lowest BCUT2D eigenvalue weighted by Gasteiger charge is -2.15. The van der Waals surface area contributed by atoms with E-state index in [1.54, 1.807) is 7.11 Å². The lowest BCUT2D eigenvalue weighted by Crippen LogP contribution is -2.22. The Hall–Kier alpha value is -0.740. The van der Waals surface area contributed by atoms with Gasteiger partial charge in [-0.05, 0) is 31.2 Å². The summed E-state index contributed by atoms with van der Waals surface area (Å²) in [6, 6.07) is 8.17. The molecule has 0 spiro atoms. The average Bonchev–Trinajstić information content (AvgIpc) is 2.42. The molecule has 0 amide bonds. The lowest BCUT2D eigenvalue weighted by molar-refractivity contribution is 0.325. The molecule has 0 fully saturated rings. The zero-order valence-electron chi connectivity index (χ0n) is 11.2. The Morgan fingerprint density at radius 2 is 1.94 bits per heavy atom. The Morgan fingerprint density at radius 3 is 2.56 bits per heavy atom. The number of thioether (sulfide) groups is 1. The van der Waals surface area contributed by atoms with Crippen LogP contribution in [0.15, 0.2) is 24.3 Å². The molecule has 0 heterocycles. The highest BCUT2D eigenvalue weighted by molar-refractivity contribution is 7.98. The van der Waals surface area contributed by atoms with Crippen molar-refractivity contribution >= 4 is 11.8 Å². The van der Waals surface area contributed by atoms with Crippen LogP contribution in [0.3, 0.4) is 0 Å². The Bertz CT molecular complexity index is 318. The maximum atomic E-state index is 12.0. The maximum absolute atomic E-state index is 12.0. The molecule has 0 unspecified atom stereocenters. The number of nitrogens with zero attached hydrogens (tertiary/aromatic N) is 1. The van der Waals surface area contributed by atoms with E-state index < -0.39 is 0 Å². The van der Waals surface area contributed by atoms with E-state index in [9.17, 15) is 4.39 Å². The van der Waals surface area contributed by atoms with Gasteiger partial charge in [-0.3, -0.25) is 4.39 Å². The van der Waals surface area contributed by atoms with Crippen molar-refractivity contribution in [2.75, 3.05) is 39.7 Å². The number of hydrogen-bond acceptors (Lipinski definition) is 3. The minimum absolute atomic E-state index is 0.219. The topological polar surface area (TPSA) is 12.5 Å². The van der Waals surface area contributed by atoms with E-state index in [0.717, 1.165) is 30.3 Å². The molecule has 0 atom stereocenters. The van der Waals surface area contributed by atoms with E-state index in [0.29, 0.717) is 6.42 Å². The highest BCUT2D eigenvalue weighted by Crippen LogP contribution is 2.16. The van der Waals surface area contributed by atoms with Gasteiger partial charge in [0.25, 0.3) is 0 Å². The van der Waals surface area contributed by atoms with Crippen molar-refractivity contribution in [1.82, 2.24) is 4.90 Å². The van der Waals surface area contributed by atoms with Gasteiger partial charge in [-0.25, -0.2) is 0 Å². The number of benzene rings is 1. The molecule has 2 nitrogen and oxygen atoms in total. The van der Waals surface area contributed by atoms with Crippen LogP contribution < -0.4 is 4.74 Å². The molecule has 1 aromatic carbocycles. The first-order valence-corrected chi connectivity index (χ1v) is 7.37. The number of rotatable bonds is 9. The normalized spacial score (nSPS) is 10.9. The van der Waals surface area contributed by atoms with Crippen LogP contribution in [0.2, 0.25) is 0 Å². The van der Waals surface area contributed by atoms with Gasteiger partial charge in [0.05, 0.1) is 13.8 Å². The monoisotopic (exact) mass is 271 g/mol. The highest BCUT2D eigenvalue weighted by atomic mass is 32.2. The van der Waals surface area contributed by atoms with Crippen LogP contribution in [0.5, 0.6) is 5.75 Å². The van der Waals surface area contributed by atoms with E-state index in [-0.39, 0.29) is 6.67 Å². The van der Waals surface area contributed by atoms with Crippen LogP contribution >= 0.6 is 11.8 Å². The van der Waals surface area contributed by atoms with Gasteiger partial charge in [0, 0.05) is 24.6 Å². The third-order valence-electron chi connectivity index (χ3n) is 2.72. The smallest absolute Gasteiger partial charge is 0.118 e. The summed E-state index contributed by atoms with van der Waals surface area (Å²) in [4.78, 5) is 2.18. The second kappa shape index (κ2) is 9.22. The van der Waals surface area contributed by atoms with Gasteiger partial charge in [-0.2, -0.15) is 11.8 Å². The zero-order chi connectivity index (χ0) is 13.2. The largest absolute Gasteiger partial charge is 0.497 e. The van der Waals surface area contributed by atoms with Crippen molar-refractivity contribution in [3.05, 3.63) is 29.8 Å². The van der Waals surface area contributed by atoms with Crippen molar-refractivity contribution in [2.24, 2.45) is 0 Å². The molecule has 102 valence electrons. The second-order valence-electron chi connectivity index (χ2n) is 4.25. The van der Waals surface area contributed by atoms with Crippen LogP contribution in [0, 0.1) is 0 Å². The molecule has 0 aliphatic heterocycles. The maximum Gasteiger partial charge on any atom is 0.118 e. The number of ether oxygens (including phenoxy) is 1. The SMILES string of the molecule is COc1ccc(CSCCN(C)CCCF)cc1. The molecular formula is C14H22FNOS. The number of methoxy groups -OCH3 is 1. The predicted octanol–water partition coefficient (Wildman–Crippen LogP) is 3.22. The first kappa shape index (κ1) is 15.3. The molecule has 0 saturated heterocycles. The van der Waals surface area contributed by atoms with Gasteiger partial charge < -0.3 is 9.64 Å². The Labute approximate surface area is 114 Å². The Morgan fingerprint density at radius 1 is 1.22 bits per heavy atom. The summed E-state index contributed by atoms with van der Waals surface area (Å²) in [5.74, 6) is 2.99. The summed E-state index contributed by atoms with van der Waals surface area (Å²) >= 11 is 1.91. The third kappa shape index (κ3) is 6.26. The van der Waals surface area contributed by atoms with Gasteiger partial charge in [-0.15, -0.1) is 0 Å². The fourth-order valence-corrected chi connectivity index (χ4v) is 2.59. The molecule has 4 heteroatoms. The first-order chi connectivity index (χ1) is 8.76. The van der Waals surface area contributed by atoms with Crippen LogP contribution in [-0.4, -0.2) is 44.6 Å². The number of alkyl halides is 1. The summed E-state index contributed by atoms with van der Waals surface area (Å²) in [7, 11) is 3.72. The molecule has 0 bridgehead atoms. The molecule has 1 rings (SSSR count). The average molecular weight is 271 g/mol. The van der Waals surface area contributed by atoms with Gasteiger partial charge in [0.2, 0.25) is 0 Å². The summed E-state index contributed by atoms with van der Waals surface area (Å²) in [6.45, 7) is 1.64. The standard InChI is InChI=1S/C14H22FNOS/c1-16(9-3-8-15)10-11-18-12-13-4-6-14(17-2)7-5-13/h4-7H,3,8-12H2,1-2H3. The van der Waals surface area contributed by atoms with Crippen molar-refractivity contribution in [1.29, 1.82) is 0 Å². The van der Waals surface area contributed by atoms with E-state index in [1.165, 1.54) is 5.56 Å². The summed E-state index contributed by atoms with van der Waals surface area (Å²) in [5, 5.41) is 0. The van der Waals surface area contributed by atoms with Crippen LogP contribution in [0.4, 0.5) is 4.39 Å². The molecule has 0 aliphatic rings. The second-order valence-corrected chi connectivity index (χ2v) is 5.35. The van der Waals surface area contributed by atoms with E-state index in [2.05, 4.69) is 17.0 Å². The third-order valence-corrected chi connectivity index (χ3v) is 3.73. The van der Waals surface area contributed by atoms with Gasteiger partial charge in [0.1, 0.15) is 5.75 Å².